The van der Waals surface area contributed by atoms with Crippen LogP contribution >= 0.6 is 11.6 Å². The first kappa shape index (κ1) is 15.1. The molecule has 0 aromatic heterocycles. The van der Waals surface area contributed by atoms with Gasteiger partial charge in [-0.1, -0.05) is 29.8 Å². The van der Waals surface area contributed by atoms with Gasteiger partial charge in [-0.3, -0.25) is 9.59 Å². The van der Waals surface area contributed by atoms with Crippen LogP contribution < -0.4 is 5.01 Å². The van der Waals surface area contributed by atoms with Crippen LogP contribution in [0, 0.1) is 0 Å². The topological polar surface area (TPSA) is 62.3 Å². The molecular formula is C18H13ClN2O3. The maximum Gasteiger partial charge on any atom is 0.288 e. The largest absolute Gasteiger partial charge is 0.341 e. The minimum absolute atomic E-state index is 0.246. The molecular weight excluding hydrogens is 328 g/mol. The fourth-order valence-electron chi connectivity index (χ4n) is 2.92. The molecule has 0 aliphatic carbocycles. The number of hydrogen-bond donors (Lipinski definition) is 0. The number of carbonyl (C=O) groups excluding carboxylic acids is 2. The van der Waals surface area contributed by atoms with E-state index in [0.29, 0.717) is 22.0 Å². The summed E-state index contributed by atoms with van der Waals surface area (Å²) in [7, 11) is 0. The van der Waals surface area contributed by atoms with E-state index >= 15 is 0 Å². The van der Waals surface area contributed by atoms with Gasteiger partial charge < -0.3 is 4.74 Å². The van der Waals surface area contributed by atoms with Gasteiger partial charge in [-0.2, -0.15) is 10.1 Å². The number of hydrogen-bond acceptors (Lipinski definition) is 4. The number of carbonyl (C=O) groups is 2. The molecule has 1 amide bonds. The summed E-state index contributed by atoms with van der Waals surface area (Å²) < 4.78 is 5.58. The number of anilines is 1. The Hall–Kier alpha value is -2.50. The lowest BCUT2D eigenvalue weighted by molar-refractivity contribution is -0.120. The summed E-state index contributed by atoms with van der Waals surface area (Å²) in [5, 5.41) is 6.14. The first-order valence-corrected chi connectivity index (χ1v) is 7.85. The zero-order chi connectivity index (χ0) is 16.9. The molecule has 2 aliphatic rings. The van der Waals surface area contributed by atoms with E-state index in [2.05, 4.69) is 5.10 Å². The molecule has 24 heavy (non-hydrogen) atoms. The predicted molar refractivity (Wildman–Crippen MR) is 90.4 cm³/mol. The Kier molecular flexibility index (Phi) is 3.30. The molecule has 2 heterocycles. The zero-order valence-corrected chi connectivity index (χ0v) is 13.5. The number of halogens is 1. The third-order valence-electron chi connectivity index (χ3n) is 4.28. The van der Waals surface area contributed by atoms with Gasteiger partial charge in [-0.05, 0) is 43.3 Å². The van der Waals surface area contributed by atoms with Crippen molar-refractivity contribution in [1.29, 1.82) is 0 Å². The highest BCUT2D eigenvalue weighted by Crippen LogP contribution is 2.46. The van der Waals surface area contributed by atoms with Crippen molar-refractivity contribution in [2.45, 2.75) is 18.6 Å². The molecule has 0 radical (unpaired) electrons. The quantitative estimate of drug-likeness (QED) is 0.637. The fraction of sp³-hybridized carbons (Fsp3) is 0.167. The van der Waals surface area contributed by atoms with Crippen LogP contribution in [0.5, 0.6) is 0 Å². The number of rotatable bonds is 3. The van der Waals surface area contributed by atoms with Crippen LogP contribution in [0.4, 0.5) is 5.69 Å². The third kappa shape index (κ3) is 2.09. The lowest BCUT2D eigenvalue weighted by atomic mass is 9.94. The van der Waals surface area contributed by atoms with Crippen molar-refractivity contribution in [2.24, 2.45) is 5.10 Å². The molecule has 4 rings (SSSR count). The van der Waals surface area contributed by atoms with E-state index in [1.807, 2.05) is 18.2 Å². The number of benzene rings is 2. The van der Waals surface area contributed by atoms with Gasteiger partial charge in [-0.15, -0.1) is 0 Å². The number of Topliss-reactive ketones (excluding diaryl/α,β-unsaturated/α-hetero) is 1. The van der Waals surface area contributed by atoms with Crippen LogP contribution in [0.1, 0.15) is 17.3 Å². The Morgan fingerprint density at radius 2 is 1.83 bits per heavy atom. The minimum Gasteiger partial charge on any atom is -0.341 e. The molecule has 2 unspecified atom stereocenters. The van der Waals surface area contributed by atoms with Crippen LogP contribution in [-0.4, -0.2) is 29.1 Å². The van der Waals surface area contributed by atoms with Gasteiger partial charge in [0.05, 0.1) is 11.4 Å². The van der Waals surface area contributed by atoms with Crippen molar-refractivity contribution < 1.29 is 14.3 Å². The van der Waals surface area contributed by atoms with Crippen molar-refractivity contribution in [2.75, 3.05) is 5.01 Å². The maximum atomic E-state index is 12.8. The predicted octanol–water partition coefficient (Wildman–Crippen LogP) is 3.08. The van der Waals surface area contributed by atoms with Gasteiger partial charge in [0.2, 0.25) is 5.60 Å². The zero-order valence-electron chi connectivity index (χ0n) is 12.8. The number of para-hydroxylation sites is 1. The second kappa shape index (κ2) is 5.26. The SMILES string of the molecule is CC1=NN(c2ccccc2)C(=O)C12OC2C(=O)c1ccc(Cl)cc1. The van der Waals surface area contributed by atoms with E-state index < -0.39 is 11.7 Å². The van der Waals surface area contributed by atoms with Crippen LogP contribution in [0.2, 0.25) is 5.02 Å². The van der Waals surface area contributed by atoms with E-state index in [0.717, 1.165) is 0 Å². The third-order valence-corrected chi connectivity index (χ3v) is 4.53. The summed E-state index contributed by atoms with van der Waals surface area (Å²) in [6, 6.07) is 15.6. The standard InChI is InChI=1S/C18H13ClN2O3/c1-11-18(17(23)21(20-11)14-5-3-2-4-6-14)16(24-18)15(22)12-7-9-13(19)10-8-12/h2-10,16H,1H3. The molecule has 1 saturated heterocycles. The van der Waals surface area contributed by atoms with Gasteiger partial charge in [0.25, 0.3) is 5.91 Å². The Morgan fingerprint density at radius 1 is 1.17 bits per heavy atom. The minimum atomic E-state index is -1.27. The van der Waals surface area contributed by atoms with Crippen molar-refractivity contribution in [3.63, 3.8) is 0 Å². The van der Waals surface area contributed by atoms with Crippen molar-refractivity contribution >= 4 is 34.7 Å². The molecule has 2 aliphatic heterocycles. The van der Waals surface area contributed by atoms with Gasteiger partial charge in [0.1, 0.15) is 0 Å². The molecule has 2 atom stereocenters. The van der Waals surface area contributed by atoms with Crippen LogP contribution in [-0.2, 0) is 9.53 Å². The summed E-state index contributed by atoms with van der Waals surface area (Å²) in [5.74, 6) is -0.581. The summed E-state index contributed by atoms with van der Waals surface area (Å²) in [6.45, 7) is 1.70. The molecule has 0 bridgehead atoms. The highest BCUT2D eigenvalue weighted by molar-refractivity contribution is 6.31. The number of ketones is 1. The fourth-order valence-corrected chi connectivity index (χ4v) is 3.05. The van der Waals surface area contributed by atoms with Gasteiger partial charge >= 0.3 is 0 Å². The lowest BCUT2D eigenvalue weighted by Crippen LogP contribution is -2.38. The summed E-state index contributed by atoms with van der Waals surface area (Å²) in [4.78, 5) is 25.4. The highest BCUT2D eigenvalue weighted by Gasteiger charge is 2.72. The van der Waals surface area contributed by atoms with E-state index in [-0.39, 0.29) is 11.7 Å². The van der Waals surface area contributed by atoms with E-state index in [1.54, 1.807) is 43.3 Å². The lowest BCUT2D eigenvalue weighted by Gasteiger charge is -2.12. The second-order valence-electron chi connectivity index (χ2n) is 5.74. The maximum absolute atomic E-state index is 12.8. The highest BCUT2D eigenvalue weighted by atomic mass is 35.5. The average Bonchev–Trinajstić information content (AvgIpc) is 3.31. The first-order valence-electron chi connectivity index (χ1n) is 7.47. The molecule has 0 saturated carbocycles. The number of amides is 1. The average molecular weight is 341 g/mol. The summed E-state index contributed by atoms with van der Waals surface area (Å²) in [6.07, 6.45) is -0.844. The smallest absolute Gasteiger partial charge is 0.288 e. The summed E-state index contributed by atoms with van der Waals surface area (Å²) >= 11 is 5.84. The van der Waals surface area contributed by atoms with Gasteiger partial charge in [0, 0.05) is 10.6 Å². The second-order valence-corrected chi connectivity index (χ2v) is 6.18. The Morgan fingerprint density at radius 3 is 2.50 bits per heavy atom. The Bertz CT molecular complexity index is 864. The van der Waals surface area contributed by atoms with Crippen LogP contribution in [0.25, 0.3) is 0 Å². The Labute approximate surface area is 143 Å². The number of hydrazone groups is 1. The van der Waals surface area contributed by atoms with Crippen molar-refractivity contribution in [3.05, 3.63) is 65.2 Å². The first-order chi connectivity index (χ1) is 11.5. The normalized spacial score (nSPS) is 25.1. The van der Waals surface area contributed by atoms with E-state index in [1.165, 1.54) is 5.01 Å². The van der Waals surface area contributed by atoms with Crippen LogP contribution in [0.15, 0.2) is 59.7 Å². The van der Waals surface area contributed by atoms with Crippen molar-refractivity contribution in [3.8, 4) is 0 Å². The molecule has 6 heteroatoms. The van der Waals surface area contributed by atoms with Crippen LogP contribution in [0.3, 0.4) is 0 Å². The van der Waals surface area contributed by atoms with Crippen molar-refractivity contribution in [1.82, 2.24) is 0 Å². The van der Waals surface area contributed by atoms with E-state index in [4.69, 9.17) is 16.3 Å². The van der Waals surface area contributed by atoms with Gasteiger partial charge in [-0.25, -0.2) is 0 Å². The molecule has 120 valence electrons. The number of epoxide rings is 1. The summed E-state index contributed by atoms with van der Waals surface area (Å²) in [5.41, 5.74) is 0.322. The van der Waals surface area contributed by atoms with Gasteiger partial charge in [0.15, 0.2) is 11.9 Å². The molecule has 1 spiro atoms. The molecule has 2 aromatic carbocycles. The Balaban J connectivity index is 1.62. The monoisotopic (exact) mass is 340 g/mol. The molecule has 1 fully saturated rings. The molecule has 5 nitrogen and oxygen atoms in total. The number of nitrogens with zero attached hydrogens (tertiary/aromatic N) is 2. The number of ether oxygens (including phenoxy) is 1. The molecule has 0 N–H and O–H groups in total. The van der Waals surface area contributed by atoms with E-state index in [9.17, 15) is 9.59 Å². The molecule has 2 aromatic rings.